The molecule has 0 bridgehead atoms. The number of hydrogen-bond donors (Lipinski definition) is 1. The van der Waals surface area contributed by atoms with Crippen LogP contribution in [0, 0.1) is 12.8 Å². The number of methoxy groups -OCH3 is 1. The zero-order valence-electron chi connectivity index (χ0n) is 14.9. The molecule has 1 amide bonds. The van der Waals surface area contributed by atoms with Crippen LogP contribution in [0.15, 0.2) is 18.2 Å². The summed E-state index contributed by atoms with van der Waals surface area (Å²) in [6, 6.07) is 5.27. The molecule has 1 N–H and O–H groups in total. The summed E-state index contributed by atoms with van der Waals surface area (Å²) in [6.45, 7) is 5.65. The van der Waals surface area contributed by atoms with Gasteiger partial charge in [0.1, 0.15) is 5.75 Å². The number of hydrogen-bond acceptors (Lipinski definition) is 4. The number of rotatable bonds is 5. The number of amides is 1. The van der Waals surface area contributed by atoms with Crippen molar-refractivity contribution >= 4 is 11.9 Å². The first-order valence-electron chi connectivity index (χ1n) is 8.58. The third-order valence-electron chi connectivity index (χ3n) is 4.74. The van der Waals surface area contributed by atoms with Gasteiger partial charge in [-0.05, 0) is 50.3 Å². The van der Waals surface area contributed by atoms with E-state index in [1.54, 1.807) is 32.2 Å². The molecule has 0 spiro atoms. The van der Waals surface area contributed by atoms with Crippen molar-refractivity contribution in [3.8, 4) is 5.75 Å². The average Bonchev–Trinajstić information content (AvgIpc) is 2.57. The van der Waals surface area contributed by atoms with E-state index in [2.05, 4.69) is 12.2 Å². The third-order valence-corrected chi connectivity index (χ3v) is 4.74. The number of carbonyl (C=O) groups excluding carboxylic acids is 2. The summed E-state index contributed by atoms with van der Waals surface area (Å²) in [6.07, 6.45) is 3.64. The lowest BCUT2D eigenvalue weighted by Gasteiger charge is -2.30. The van der Waals surface area contributed by atoms with Crippen molar-refractivity contribution in [3.63, 3.8) is 0 Å². The Labute approximate surface area is 143 Å². The Morgan fingerprint density at radius 1 is 1.25 bits per heavy atom. The van der Waals surface area contributed by atoms with Crippen LogP contribution < -0.4 is 10.1 Å². The van der Waals surface area contributed by atoms with Gasteiger partial charge >= 0.3 is 5.97 Å². The van der Waals surface area contributed by atoms with Crippen LogP contribution in [0.2, 0.25) is 0 Å². The summed E-state index contributed by atoms with van der Waals surface area (Å²) in [5.41, 5.74) is 1.31. The van der Waals surface area contributed by atoms with Gasteiger partial charge in [0.2, 0.25) is 0 Å². The maximum atomic E-state index is 12.3. The van der Waals surface area contributed by atoms with Gasteiger partial charge in [0.25, 0.3) is 5.91 Å². The fraction of sp³-hybridized carbons (Fsp3) is 0.579. The number of aryl methyl sites for hydroxylation is 1. The third kappa shape index (κ3) is 4.49. The predicted molar refractivity (Wildman–Crippen MR) is 92.2 cm³/mol. The second kappa shape index (κ2) is 8.18. The van der Waals surface area contributed by atoms with Crippen LogP contribution in [0.1, 0.15) is 55.5 Å². The van der Waals surface area contributed by atoms with Gasteiger partial charge in [0.05, 0.1) is 12.7 Å². The van der Waals surface area contributed by atoms with Crippen molar-refractivity contribution in [1.29, 1.82) is 0 Å². The van der Waals surface area contributed by atoms with Gasteiger partial charge in [-0.2, -0.15) is 0 Å². The molecule has 1 aromatic rings. The first-order valence-corrected chi connectivity index (χ1v) is 8.58. The van der Waals surface area contributed by atoms with E-state index in [4.69, 9.17) is 9.47 Å². The van der Waals surface area contributed by atoms with E-state index in [0.29, 0.717) is 17.2 Å². The molecular formula is C19H27NO4. The number of esters is 1. The topological polar surface area (TPSA) is 64.6 Å². The Morgan fingerprint density at radius 2 is 1.96 bits per heavy atom. The van der Waals surface area contributed by atoms with Crippen molar-refractivity contribution in [2.24, 2.45) is 5.92 Å². The molecule has 5 nitrogen and oxygen atoms in total. The van der Waals surface area contributed by atoms with E-state index >= 15 is 0 Å². The van der Waals surface area contributed by atoms with Crippen molar-refractivity contribution in [3.05, 3.63) is 29.3 Å². The molecule has 5 heteroatoms. The molecule has 1 fully saturated rings. The SMILES string of the molecule is COc1cc(C(=O)O[C@@H](C)C(=O)N[C@H]2CCCC[C@@H]2C)ccc1C. The molecule has 2 rings (SSSR count). The molecule has 132 valence electrons. The number of nitrogens with one attached hydrogen (secondary N) is 1. The maximum Gasteiger partial charge on any atom is 0.339 e. The minimum atomic E-state index is -0.820. The Morgan fingerprint density at radius 3 is 2.62 bits per heavy atom. The van der Waals surface area contributed by atoms with E-state index in [-0.39, 0.29) is 11.9 Å². The number of ether oxygens (including phenoxy) is 2. The van der Waals surface area contributed by atoms with E-state index in [1.807, 2.05) is 6.92 Å². The highest BCUT2D eigenvalue weighted by Crippen LogP contribution is 2.24. The minimum Gasteiger partial charge on any atom is -0.496 e. The van der Waals surface area contributed by atoms with E-state index in [9.17, 15) is 9.59 Å². The van der Waals surface area contributed by atoms with E-state index in [1.165, 1.54) is 6.42 Å². The summed E-state index contributed by atoms with van der Waals surface area (Å²) in [5, 5.41) is 3.02. The molecule has 1 aromatic carbocycles. The fourth-order valence-electron chi connectivity index (χ4n) is 3.06. The highest BCUT2D eigenvalue weighted by molar-refractivity contribution is 5.92. The molecule has 0 aromatic heterocycles. The first kappa shape index (κ1) is 18.3. The lowest BCUT2D eigenvalue weighted by molar-refractivity contribution is -0.130. The Balaban J connectivity index is 1.94. The molecule has 24 heavy (non-hydrogen) atoms. The van der Waals surface area contributed by atoms with Crippen LogP contribution in [-0.4, -0.2) is 31.1 Å². The van der Waals surface area contributed by atoms with Gasteiger partial charge in [0.15, 0.2) is 6.10 Å². The number of carbonyl (C=O) groups is 2. The molecule has 1 aliphatic rings. The molecule has 0 radical (unpaired) electrons. The van der Waals surface area contributed by atoms with Crippen LogP contribution >= 0.6 is 0 Å². The van der Waals surface area contributed by atoms with Gasteiger partial charge in [-0.25, -0.2) is 4.79 Å². The minimum absolute atomic E-state index is 0.173. The normalized spacial score (nSPS) is 21.7. The Hall–Kier alpha value is -2.04. The predicted octanol–water partition coefficient (Wildman–Crippen LogP) is 3.24. The first-order chi connectivity index (χ1) is 11.4. The van der Waals surface area contributed by atoms with Gasteiger partial charge in [-0.3, -0.25) is 4.79 Å². The van der Waals surface area contributed by atoms with Gasteiger partial charge in [0, 0.05) is 6.04 Å². The van der Waals surface area contributed by atoms with Crippen LogP contribution in [0.3, 0.4) is 0 Å². The van der Waals surface area contributed by atoms with Crippen LogP contribution in [0.4, 0.5) is 0 Å². The largest absolute Gasteiger partial charge is 0.496 e. The maximum absolute atomic E-state index is 12.3. The van der Waals surface area contributed by atoms with Gasteiger partial charge < -0.3 is 14.8 Å². The standard InChI is InChI=1S/C19H27NO4/c1-12-7-5-6-8-16(12)20-18(21)14(3)24-19(22)15-10-9-13(2)17(11-15)23-4/h9-12,14,16H,5-8H2,1-4H3,(H,20,21)/t12-,14-,16-/m0/s1. The van der Waals surface area contributed by atoms with Crippen LogP contribution in [0.25, 0.3) is 0 Å². The summed E-state index contributed by atoms with van der Waals surface area (Å²) >= 11 is 0. The molecule has 0 aliphatic heterocycles. The van der Waals surface area contributed by atoms with Gasteiger partial charge in [-0.1, -0.05) is 25.8 Å². The molecule has 3 atom stereocenters. The van der Waals surface area contributed by atoms with Crippen molar-refractivity contribution in [2.45, 2.75) is 58.6 Å². The van der Waals surface area contributed by atoms with E-state index in [0.717, 1.165) is 24.8 Å². The second-order valence-corrected chi connectivity index (χ2v) is 6.61. The molecule has 0 unspecified atom stereocenters. The molecule has 0 saturated heterocycles. The van der Waals surface area contributed by atoms with Crippen molar-refractivity contribution < 1.29 is 19.1 Å². The van der Waals surface area contributed by atoms with Gasteiger partial charge in [-0.15, -0.1) is 0 Å². The zero-order valence-corrected chi connectivity index (χ0v) is 14.9. The monoisotopic (exact) mass is 333 g/mol. The lowest BCUT2D eigenvalue weighted by Crippen LogP contribution is -2.45. The highest BCUT2D eigenvalue weighted by Gasteiger charge is 2.26. The molecule has 1 aliphatic carbocycles. The zero-order chi connectivity index (χ0) is 17.7. The average molecular weight is 333 g/mol. The van der Waals surface area contributed by atoms with E-state index < -0.39 is 12.1 Å². The Kier molecular flexibility index (Phi) is 6.23. The smallest absolute Gasteiger partial charge is 0.339 e. The molecular weight excluding hydrogens is 306 g/mol. The van der Waals surface area contributed by atoms with Crippen molar-refractivity contribution in [1.82, 2.24) is 5.32 Å². The molecule has 0 heterocycles. The number of benzene rings is 1. The summed E-state index contributed by atoms with van der Waals surface area (Å²) in [4.78, 5) is 24.5. The summed E-state index contributed by atoms with van der Waals surface area (Å²) < 4.78 is 10.5. The molecule has 1 saturated carbocycles. The highest BCUT2D eigenvalue weighted by atomic mass is 16.5. The Bertz CT molecular complexity index is 599. The summed E-state index contributed by atoms with van der Waals surface area (Å²) in [7, 11) is 1.55. The quantitative estimate of drug-likeness (QED) is 0.840. The van der Waals surface area contributed by atoms with Crippen LogP contribution in [-0.2, 0) is 9.53 Å². The lowest BCUT2D eigenvalue weighted by atomic mass is 9.86. The fourth-order valence-corrected chi connectivity index (χ4v) is 3.06. The second-order valence-electron chi connectivity index (χ2n) is 6.61. The summed E-state index contributed by atoms with van der Waals surface area (Å²) in [5.74, 6) is 0.332. The van der Waals surface area contributed by atoms with Crippen molar-refractivity contribution in [2.75, 3.05) is 7.11 Å². The van der Waals surface area contributed by atoms with Crippen LogP contribution in [0.5, 0.6) is 5.75 Å².